The maximum absolute atomic E-state index is 12.2. The first-order chi connectivity index (χ1) is 9.04. The van der Waals surface area contributed by atoms with Gasteiger partial charge in [-0.05, 0) is 30.5 Å². The molecule has 1 N–H and O–H groups in total. The largest absolute Gasteiger partial charge is 0.395 e. The van der Waals surface area contributed by atoms with Gasteiger partial charge in [-0.25, -0.2) is 8.42 Å². The molecule has 0 amide bonds. The first kappa shape index (κ1) is 14.5. The van der Waals surface area contributed by atoms with Gasteiger partial charge >= 0.3 is 0 Å². The molecule has 0 bridgehead atoms. The highest BCUT2D eigenvalue weighted by atomic mass is 35.5. The SMILES string of the molecule is O=S(=O)(/C=C/c1ccccc1Cl)N(CCO)C1CC1. The van der Waals surface area contributed by atoms with Crippen molar-refractivity contribution in [1.29, 1.82) is 0 Å². The molecule has 0 heterocycles. The Bertz CT molecular complexity index is 567. The Morgan fingerprint density at radius 2 is 2.05 bits per heavy atom. The van der Waals surface area contributed by atoms with Crippen LogP contribution in [0, 0.1) is 0 Å². The molecule has 1 aliphatic carbocycles. The summed E-state index contributed by atoms with van der Waals surface area (Å²) in [5.41, 5.74) is 0.660. The van der Waals surface area contributed by atoms with E-state index in [1.54, 1.807) is 24.3 Å². The van der Waals surface area contributed by atoms with Crippen LogP contribution in [0.3, 0.4) is 0 Å². The Balaban J connectivity index is 2.18. The molecule has 0 saturated heterocycles. The fourth-order valence-corrected chi connectivity index (χ4v) is 3.46. The highest BCUT2D eigenvalue weighted by Gasteiger charge is 2.35. The van der Waals surface area contributed by atoms with Crippen LogP contribution in [0.5, 0.6) is 0 Å². The van der Waals surface area contributed by atoms with Crippen molar-refractivity contribution in [3.8, 4) is 0 Å². The molecule has 0 radical (unpaired) electrons. The maximum atomic E-state index is 12.2. The molecule has 1 saturated carbocycles. The van der Waals surface area contributed by atoms with Crippen LogP contribution in [-0.2, 0) is 10.0 Å². The quantitative estimate of drug-likeness (QED) is 0.875. The molecule has 0 aliphatic heterocycles. The Labute approximate surface area is 118 Å². The van der Waals surface area contributed by atoms with Crippen molar-refractivity contribution in [1.82, 2.24) is 4.31 Å². The van der Waals surface area contributed by atoms with Crippen LogP contribution in [0.15, 0.2) is 29.7 Å². The minimum absolute atomic E-state index is 0.0352. The van der Waals surface area contributed by atoms with Crippen LogP contribution < -0.4 is 0 Å². The Kier molecular flexibility index (Phi) is 4.62. The van der Waals surface area contributed by atoms with E-state index in [0.29, 0.717) is 10.6 Å². The van der Waals surface area contributed by atoms with Gasteiger partial charge in [-0.1, -0.05) is 29.8 Å². The van der Waals surface area contributed by atoms with Gasteiger partial charge in [-0.15, -0.1) is 0 Å². The molecule has 0 aromatic heterocycles. The van der Waals surface area contributed by atoms with Gasteiger partial charge in [0.05, 0.1) is 6.61 Å². The molecule has 6 heteroatoms. The van der Waals surface area contributed by atoms with Crippen molar-refractivity contribution in [2.24, 2.45) is 0 Å². The van der Waals surface area contributed by atoms with E-state index in [2.05, 4.69) is 0 Å². The van der Waals surface area contributed by atoms with Crippen molar-refractivity contribution < 1.29 is 13.5 Å². The standard InChI is InChI=1S/C13H16ClNO3S/c14-13-4-2-1-3-11(13)7-10-19(17,18)15(8-9-16)12-5-6-12/h1-4,7,10,12,16H,5-6,8-9H2/b10-7+. The second kappa shape index (κ2) is 6.05. The molecule has 0 unspecified atom stereocenters. The summed E-state index contributed by atoms with van der Waals surface area (Å²) in [6.45, 7) is -0.0322. The van der Waals surface area contributed by atoms with E-state index in [4.69, 9.17) is 16.7 Å². The smallest absolute Gasteiger partial charge is 0.236 e. The molecule has 19 heavy (non-hydrogen) atoms. The maximum Gasteiger partial charge on any atom is 0.236 e. The molecule has 1 fully saturated rings. The lowest BCUT2D eigenvalue weighted by Crippen LogP contribution is -2.34. The molecule has 1 aromatic carbocycles. The third kappa shape index (κ3) is 3.79. The molecule has 0 spiro atoms. The Hall–Kier alpha value is -0.880. The summed E-state index contributed by atoms with van der Waals surface area (Å²) in [6, 6.07) is 7.08. The zero-order chi connectivity index (χ0) is 13.9. The molecule has 104 valence electrons. The molecular weight excluding hydrogens is 286 g/mol. The van der Waals surface area contributed by atoms with Crippen molar-refractivity contribution >= 4 is 27.7 Å². The van der Waals surface area contributed by atoms with E-state index in [0.717, 1.165) is 18.2 Å². The number of aliphatic hydroxyl groups is 1. The predicted molar refractivity (Wildman–Crippen MR) is 76.2 cm³/mol. The van der Waals surface area contributed by atoms with Crippen LogP contribution in [0.25, 0.3) is 6.08 Å². The van der Waals surface area contributed by atoms with Crippen LogP contribution in [0.1, 0.15) is 18.4 Å². The van der Waals surface area contributed by atoms with Crippen molar-refractivity contribution in [2.45, 2.75) is 18.9 Å². The van der Waals surface area contributed by atoms with Crippen molar-refractivity contribution in [3.05, 3.63) is 40.3 Å². The number of rotatable bonds is 6. The number of aliphatic hydroxyl groups excluding tert-OH is 1. The molecule has 0 atom stereocenters. The van der Waals surface area contributed by atoms with E-state index in [1.165, 1.54) is 10.4 Å². The lowest BCUT2D eigenvalue weighted by Gasteiger charge is -2.18. The van der Waals surface area contributed by atoms with Crippen LogP contribution in [0.4, 0.5) is 0 Å². The summed E-state index contributed by atoms with van der Waals surface area (Å²) in [5.74, 6) is 0. The fraction of sp³-hybridized carbons (Fsp3) is 0.385. The van der Waals surface area contributed by atoms with Gasteiger partial charge in [0, 0.05) is 23.0 Å². The second-order valence-electron chi connectivity index (χ2n) is 4.43. The van der Waals surface area contributed by atoms with Crippen molar-refractivity contribution in [2.75, 3.05) is 13.2 Å². The zero-order valence-electron chi connectivity index (χ0n) is 10.4. The predicted octanol–water partition coefficient (Wildman–Crippen LogP) is 2.10. The van der Waals surface area contributed by atoms with Gasteiger partial charge in [0.2, 0.25) is 10.0 Å². The number of sulfonamides is 1. The number of hydrogen-bond donors (Lipinski definition) is 1. The van der Waals surface area contributed by atoms with Gasteiger partial charge < -0.3 is 5.11 Å². The fourth-order valence-electron chi connectivity index (χ4n) is 1.83. The minimum atomic E-state index is -3.50. The summed E-state index contributed by atoms with van der Waals surface area (Å²) in [5, 5.41) is 10.6. The van der Waals surface area contributed by atoms with E-state index in [-0.39, 0.29) is 19.2 Å². The van der Waals surface area contributed by atoms with Gasteiger partial charge in [0.15, 0.2) is 0 Å². The Morgan fingerprint density at radius 3 is 2.63 bits per heavy atom. The van der Waals surface area contributed by atoms with E-state index < -0.39 is 10.0 Å². The average molecular weight is 302 g/mol. The lowest BCUT2D eigenvalue weighted by molar-refractivity contribution is 0.251. The molecule has 2 rings (SSSR count). The van der Waals surface area contributed by atoms with Crippen molar-refractivity contribution in [3.63, 3.8) is 0 Å². The van der Waals surface area contributed by atoms with Crippen LogP contribution in [0.2, 0.25) is 5.02 Å². The number of halogens is 1. The summed E-state index contributed by atoms with van der Waals surface area (Å²) in [4.78, 5) is 0. The minimum Gasteiger partial charge on any atom is -0.395 e. The van der Waals surface area contributed by atoms with E-state index >= 15 is 0 Å². The monoisotopic (exact) mass is 301 g/mol. The topological polar surface area (TPSA) is 57.6 Å². The lowest BCUT2D eigenvalue weighted by atomic mass is 10.2. The zero-order valence-corrected chi connectivity index (χ0v) is 11.9. The molecular formula is C13H16ClNO3S. The first-order valence-corrected chi connectivity index (χ1v) is 7.98. The molecule has 4 nitrogen and oxygen atoms in total. The molecule has 1 aliphatic rings. The van der Waals surface area contributed by atoms with Crippen LogP contribution in [-0.4, -0.2) is 37.0 Å². The molecule has 1 aromatic rings. The van der Waals surface area contributed by atoms with Gasteiger partial charge in [0.25, 0.3) is 0 Å². The van der Waals surface area contributed by atoms with Gasteiger partial charge in [0.1, 0.15) is 0 Å². The van der Waals surface area contributed by atoms with E-state index in [9.17, 15) is 8.42 Å². The third-order valence-corrected chi connectivity index (χ3v) is 4.88. The summed E-state index contributed by atoms with van der Waals surface area (Å²) in [7, 11) is -3.50. The van der Waals surface area contributed by atoms with Gasteiger partial charge in [-0.3, -0.25) is 0 Å². The van der Waals surface area contributed by atoms with E-state index in [1.807, 2.05) is 0 Å². The normalized spacial score (nSPS) is 16.4. The van der Waals surface area contributed by atoms with Crippen LogP contribution >= 0.6 is 11.6 Å². The second-order valence-corrected chi connectivity index (χ2v) is 6.61. The summed E-state index contributed by atoms with van der Waals surface area (Å²) >= 11 is 5.97. The third-order valence-electron chi connectivity index (χ3n) is 2.93. The Morgan fingerprint density at radius 1 is 1.37 bits per heavy atom. The average Bonchev–Trinajstić information content (AvgIpc) is 3.19. The van der Waals surface area contributed by atoms with Gasteiger partial charge in [-0.2, -0.15) is 4.31 Å². The summed E-state index contributed by atoms with van der Waals surface area (Å²) < 4.78 is 25.7. The highest BCUT2D eigenvalue weighted by Crippen LogP contribution is 2.29. The number of hydrogen-bond acceptors (Lipinski definition) is 3. The first-order valence-electron chi connectivity index (χ1n) is 6.10. The number of nitrogens with zero attached hydrogens (tertiary/aromatic N) is 1. The highest BCUT2D eigenvalue weighted by molar-refractivity contribution is 7.92. The number of benzene rings is 1. The summed E-state index contributed by atoms with van der Waals surface area (Å²) in [6.07, 6.45) is 3.21.